The summed E-state index contributed by atoms with van der Waals surface area (Å²) < 4.78 is 0. The predicted molar refractivity (Wildman–Crippen MR) is 64.4 cm³/mol. The minimum atomic E-state index is -0.0473. The Hall–Kier alpha value is -0.770. The van der Waals surface area contributed by atoms with Crippen molar-refractivity contribution in [3.8, 4) is 0 Å². The van der Waals surface area contributed by atoms with Gasteiger partial charge in [0.05, 0.1) is 0 Å². The molecule has 1 heterocycles. The molecule has 0 aliphatic carbocycles. The van der Waals surface area contributed by atoms with E-state index in [9.17, 15) is 4.79 Å². The lowest BCUT2D eigenvalue weighted by Crippen LogP contribution is -2.09. The van der Waals surface area contributed by atoms with Crippen LogP contribution in [0, 0.1) is 5.92 Å². The molecule has 0 aromatic carbocycles. The lowest BCUT2D eigenvalue weighted by molar-refractivity contribution is 0.631. The first-order valence-corrected chi connectivity index (χ1v) is 6.33. The number of aryl methyl sites for hydroxylation is 1. The number of aromatic amines is 1. The van der Waals surface area contributed by atoms with Crippen LogP contribution < -0.4 is 5.56 Å². The Bertz CT molecular complexity index is 360. The van der Waals surface area contributed by atoms with Crippen molar-refractivity contribution in [2.45, 2.75) is 38.8 Å². The molecular weight excluding hydrogens is 208 g/mol. The van der Waals surface area contributed by atoms with Crippen LogP contribution in [0.1, 0.15) is 32.9 Å². The Morgan fingerprint density at radius 3 is 2.87 bits per heavy atom. The minimum Gasteiger partial charge on any atom is -0.301 e. The monoisotopic (exact) mass is 226 g/mol. The topological polar surface area (TPSA) is 45.8 Å². The predicted octanol–water partition coefficient (Wildman–Crippen LogP) is 2.47. The first kappa shape index (κ1) is 12.3. The fraction of sp³-hybridized carbons (Fsp3) is 0.636. The lowest BCUT2D eigenvalue weighted by atomic mass is 10.2. The van der Waals surface area contributed by atoms with Crippen molar-refractivity contribution in [2.75, 3.05) is 5.75 Å². The van der Waals surface area contributed by atoms with E-state index in [1.54, 1.807) is 17.8 Å². The molecule has 1 aromatic rings. The van der Waals surface area contributed by atoms with Crippen molar-refractivity contribution < 1.29 is 0 Å². The third-order valence-electron chi connectivity index (χ3n) is 2.07. The first-order chi connectivity index (χ1) is 7.11. The Balaban J connectivity index is 2.60. The molecule has 1 rings (SSSR count). The number of aromatic nitrogens is 2. The van der Waals surface area contributed by atoms with Crippen LogP contribution in [0.2, 0.25) is 0 Å². The molecular formula is C11H18N2OS. The van der Waals surface area contributed by atoms with E-state index in [0.29, 0.717) is 5.92 Å². The summed E-state index contributed by atoms with van der Waals surface area (Å²) in [5.41, 5.74) is 0.819. The Morgan fingerprint density at radius 1 is 1.53 bits per heavy atom. The zero-order chi connectivity index (χ0) is 11.3. The van der Waals surface area contributed by atoms with Crippen LogP contribution in [0.15, 0.2) is 16.0 Å². The maximum atomic E-state index is 11.3. The molecule has 1 N–H and O–H groups in total. The lowest BCUT2D eigenvalue weighted by Gasteiger charge is -2.04. The highest BCUT2D eigenvalue weighted by molar-refractivity contribution is 7.99. The second kappa shape index (κ2) is 5.95. The molecule has 0 aliphatic rings. The van der Waals surface area contributed by atoms with Gasteiger partial charge in [-0.05, 0) is 18.8 Å². The summed E-state index contributed by atoms with van der Waals surface area (Å²) in [4.78, 5) is 18.4. The molecule has 1 aromatic heterocycles. The van der Waals surface area contributed by atoms with E-state index < -0.39 is 0 Å². The molecule has 0 radical (unpaired) electrons. The molecule has 0 spiro atoms. The van der Waals surface area contributed by atoms with Gasteiger partial charge in [-0.1, -0.05) is 32.5 Å². The van der Waals surface area contributed by atoms with Gasteiger partial charge in [0, 0.05) is 17.5 Å². The summed E-state index contributed by atoms with van der Waals surface area (Å²) in [5.74, 6) is 1.70. The summed E-state index contributed by atoms with van der Waals surface area (Å²) in [6.07, 6.45) is 1.95. The van der Waals surface area contributed by atoms with Gasteiger partial charge in [-0.15, -0.1) is 0 Å². The van der Waals surface area contributed by atoms with Crippen molar-refractivity contribution in [3.05, 3.63) is 22.1 Å². The third-order valence-corrected chi connectivity index (χ3v) is 2.98. The summed E-state index contributed by atoms with van der Waals surface area (Å²) in [6, 6.07) is 1.56. The second-order valence-corrected chi connectivity index (χ2v) is 5.01. The van der Waals surface area contributed by atoms with E-state index >= 15 is 0 Å². The average Bonchev–Trinajstić information content (AvgIpc) is 2.16. The molecule has 0 aliphatic heterocycles. The van der Waals surface area contributed by atoms with Gasteiger partial charge in [0.15, 0.2) is 5.16 Å². The number of rotatable bonds is 5. The summed E-state index contributed by atoms with van der Waals surface area (Å²) in [5, 5.41) is 0.750. The number of hydrogen-bond donors (Lipinski definition) is 1. The summed E-state index contributed by atoms with van der Waals surface area (Å²) >= 11 is 1.63. The van der Waals surface area contributed by atoms with Gasteiger partial charge in [-0.2, -0.15) is 0 Å². The number of nitrogens with one attached hydrogen (secondary N) is 1. The summed E-state index contributed by atoms with van der Waals surface area (Å²) in [7, 11) is 0. The number of thioether (sulfide) groups is 1. The standard InChI is InChI=1S/C11H18N2OS/c1-4-9-7-10(14)13-11(12-9)15-6-5-8(2)3/h7-8H,4-6H2,1-3H3,(H,12,13,14). The molecule has 0 unspecified atom stereocenters. The van der Waals surface area contributed by atoms with Crippen molar-refractivity contribution >= 4 is 11.8 Å². The average molecular weight is 226 g/mol. The van der Waals surface area contributed by atoms with Gasteiger partial charge in [-0.25, -0.2) is 4.98 Å². The van der Waals surface area contributed by atoms with E-state index in [1.807, 2.05) is 6.92 Å². The fourth-order valence-electron chi connectivity index (χ4n) is 1.12. The number of H-pyrrole nitrogens is 1. The largest absolute Gasteiger partial charge is 0.301 e. The maximum Gasteiger partial charge on any atom is 0.251 e. The molecule has 0 saturated heterocycles. The van der Waals surface area contributed by atoms with Crippen LogP contribution in [0.25, 0.3) is 0 Å². The molecule has 0 fully saturated rings. The van der Waals surface area contributed by atoms with Gasteiger partial charge in [-0.3, -0.25) is 4.79 Å². The van der Waals surface area contributed by atoms with E-state index in [2.05, 4.69) is 23.8 Å². The highest BCUT2D eigenvalue weighted by atomic mass is 32.2. The minimum absolute atomic E-state index is 0.0473. The number of hydrogen-bond acceptors (Lipinski definition) is 3. The smallest absolute Gasteiger partial charge is 0.251 e. The van der Waals surface area contributed by atoms with Gasteiger partial charge >= 0.3 is 0 Å². The highest BCUT2D eigenvalue weighted by Gasteiger charge is 2.01. The van der Waals surface area contributed by atoms with Crippen molar-refractivity contribution in [2.24, 2.45) is 5.92 Å². The molecule has 84 valence electrons. The van der Waals surface area contributed by atoms with Gasteiger partial charge in [0.1, 0.15) is 0 Å². The normalized spacial score (nSPS) is 10.9. The first-order valence-electron chi connectivity index (χ1n) is 5.35. The van der Waals surface area contributed by atoms with Crippen LogP contribution >= 0.6 is 11.8 Å². The van der Waals surface area contributed by atoms with E-state index in [-0.39, 0.29) is 5.56 Å². The van der Waals surface area contributed by atoms with Crippen LogP contribution in [0.4, 0.5) is 0 Å². The molecule has 0 amide bonds. The Morgan fingerprint density at radius 2 is 2.27 bits per heavy atom. The highest BCUT2D eigenvalue weighted by Crippen LogP contribution is 2.15. The zero-order valence-electron chi connectivity index (χ0n) is 9.54. The fourth-order valence-corrected chi connectivity index (χ4v) is 2.26. The molecule has 0 atom stereocenters. The molecule has 0 saturated carbocycles. The third kappa shape index (κ3) is 4.51. The molecule has 15 heavy (non-hydrogen) atoms. The molecule has 0 bridgehead atoms. The Kier molecular flexibility index (Phi) is 4.88. The SMILES string of the molecule is CCc1cc(=O)[nH]c(SCCC(C)C)n1. The van der Waals surface area contributed by atoms with Crippen LogP contribution in [-0.2, 0) is 6.42 Å². The van der Waals surface area contributed by atoms with Crippen molar-refractivity contribution in [1.82, 2.24) is 9.97 Å². The summed E-state index contributed by atoms with van der Waals surface area (Å²) in [6.45, 7) is 6.39. The number of nitrogens with zero attached hydrogens (tertiary/aromatic N) is 1. The van der Waals surface area contributed by atoms with E-state index in [4.69, 9.17) is 0 Å². The van der Waals surface area contributed by atoms with Gasteiger partial charge in [0.2, 0.25) is 0 Å². The zero-order valence-corrected chi connectivity index (χ0v) is 10.4. The van der Waals surface area contributed by atoms with Crippen molar-refractivity contribution in [1.29, 1.82) is 0 Å². The quantitative estimate of drug-likeness (QED) is 0.619. The maximum absolute atomic E-state index is 11.3. The van der Waals surface area contributed by atoms with Crippen molar-refractivity contribution in [3.63, 3.8) is 0 Å². The van der Waals surface area contributed by atoms with Gasteiger partial charge < -0.3 is 4.98 Å². The van der Waals surface area contributed by atoms with Crippen LogP contribution in [0.3, 0.4) is 0 Å². The van der Waals surface area contributed by atoms with Gasteiger partial charge in [0.25, 0.3) is 5.56 Å². The second-order valence-electron chi connectivity index (χ2n) is 3.93. The molecule has 4 heteroatoms. The van der Waals surface area contributed by atoms with Crippen LogP contribution in [-0.4, -0.2) is 15.7 Å². The Labute approximate surface area is 94.7 Å². The van der Waals surface area contributed by atoms with E-state index in [1.165, 1.54) is 0 Å². The van der Waals surface area contributed by atoms with E-state index in [0.717, 1.165) is 29.4 Å². The molecule has 3 nitrogen and oxygen atoms in total. The van der Waals surface area contributed by atoms with Crippen LogP contribution in [0.5, 0.6) is 0 Å².